The SMILES string of the molecule is O=C(CC1C(=O)NCCN1Cc1ccc(Cl)c(F)c1)NCc1cccnc1. The zero-order valence-corrected chi connectivity index (χ0v) is 15.4. The number of pyridine rings is 1. The van der Waals surface area contributed by atoms with Gasteiger partial charge in [-0.05, 0) is 29.3 Å². The highest BCUT2D eigenvalue weighted by atomic mass is 35.5. The number of piperazine rings is 1. The molecule has 1 aromatic heterocycles. The summed E-state index contributed by atoms with van der Waals surface area (Å²) in [6.45, 7) is 1.78. The lowest BCUT2D eigenvalue weighted by molar-refractivity contribution is -0.134. The molecule has 0 aliphatic carbocycles. The first kappa shape index (κ1) is 19.3. The zero-order chi connectivity index (χ0) is 19.2. The number of hydrogen-bond donors (Lipinski definition) is 2. The van der Waals surface area contributed by atoms with Crippen molar-refractivity contribution in [3.05, 3.63) is 64.7 Å². The third-order valence-electron chi connectivity index (χ3n) is 4.40. The van der Waals surface area contributed by atoms with Gasteiger partial charge in [-0.1, -0.05) is 23.7 Å². The van der Waals surface area contributed by atoms with Crippen LogP contribution in [-0.2, 0) is 22.7 Å². The molecule has 1 aliphatic heterocycles. The smallest absolute Gasteiger partial charge is 0.237 e. The third kappa shape index (κ3) is 5.24. The number of amides is 2. The van der Waals surface area contributed by atoms with Crippen LogP contribution in [0.3, 0.4) is 0 Å². The van der Waals surface area contributed by atoms with Crippen LogP contribution in [0, 0.1) is 5.82 Å². The highest BCUT2D eigenvalue weighted by Crippen LogP contribution is 2.19. The van der Waals surface area contributed by atoms with E-state index in [0.29, 0.717) is 31.7 Å². The van der Waals surface area contributed by atoms with Crippen molar-refractivity contribution in [2.24, 2.45) is 0 Å². The van der Waals surface area contributed by atoms with Crippen molar-refractivity contribution in [3.8, 4) is 0 Å². The van der Waals surface area contributed by atoms with Crippen molar-refractivity contribution in [1.82, 2.24) is 20.5 Å². The minimum absolute atomic E-state index is 0.0299. The van der Waals surface area contributed by atoms with E-state index in [1.165, 1.54) is 12.1 Å². The molecule has 3 rings (SSSR count). The molecule has 2 N–H and O–H groups in total. The summed E-state index contributed by atoms with van der Waals surface area (Å²) in [5, 5.41) is 5.64. The average Bonchev–Trinajstić information content (AvgIpc) is 2.67. The molecule has 2 aromatic rings. The average molecular weight is 391 g/mol. The summed E-state index contributed by atoms with van der Waals surface area (Å²) < 4.78 is 13.7. The molecule has 1 saturated heterocycles. The predicted molar refractivity (Wildman–Crippen MR) is 99.3 cm³/mol. The molecule has 1 atom stereocenters. The molecule has 1 aliphatic rings. The van der Waals surface area contributed by atoms with Crippen LogP contribution < -0.4 is 10.6 Å². The molecular weight excluding hydrogens is 371 g/mol. The topological polar surface area (TPSA) is 74.3 Å². The molecule has 2 amide bonds. The van der Waals surface area contributed by atoms with Gasteiger partial charge in [0.25, 0.3) is 0 Å². The Hall–Kier alpha value is -2.51. The van der Waals surface area contributed by atoms with E-state index < -0.39 is 11.9 Å². The molecule has 0 bridgehead atoms. The number of rotatable bonds is 6. The number of halogens is 2. The quantitative estimate of drug-likeness (QED) is 0.789. The highest BCUT2D eigenvalue weighted by Gasteiger charge is 2.31. The van der Waals surface area contributed by atoms with Crippen molar-refractivity contribution in [1.29, 1.82) is 0 Å². The monoisotopic (exact) mass is 390 g/mol. The highest BCUT2D eigenvalue weighted by molar-refractivity contribution is 6.30. The van der Waals surface area contributed by atoms with E-state index in [1.807, 2.05) is 11.0 Å². The van der Waals surface area contributed by atoms with Gasteiger partial charge in [-0.3, -0.25) is 19.5 Å². The van der Waals surface area contributed by atoms with Gasteiger partial charge in [-0.25, -0.2) is 4.39 Å². The molecule has 27 heavy (non-hydrogen) atoms. The van der Waals surface area contributed by atoms with Crippen molar-refractivity contribution < 1.29 is 14.0 Å². The lowest BCUT2D eigenvalue weighted by Crippen LogP contribution is -2.56. The maximum atomic E-state index is 13.7. The minimum Gasteiger partial charge on any atom is -0.353 e. The maximum absolute atomic E-state index is 13.7. The van der Waals surface area contributed by atoms with Gasteiger partial charge in [-0.2, -0.15) is 0 Å². The van der Waals surface area contributed by atoms with E-state index in [2.05, 4.69) is 15.6 Å². The predicted octanol–water partition coefficient (Wildman–Crippen LogP) is 1.88. The number of nitrogens with one attached hydrogen (secondary N) is 2. The van der Waals surface area contributed by atoms with Crippen LogP contribution in [-0.4, -0.2) is 40.8 Å². The Balaban J connectivity index is 1.62. The van der Waals surface area contributed by atoms with Gasteiger partial charge >= 0.3 is 0 Å². The van der Waals surface area contributed by atoms with E-state index in [4.69, 9.17) is 11.6 Å². The summed E-state index contributed by atoms with van der Waals surface area (Å²) in [6, 6.07) is 7.62. The Labute approximate surface area is 161 Å². The standard InChI is InChI=1S/C19H20ClFN4O2/c20-15-4-3-13(8-16(15)21)12-25-7-6-23-19(27)17(25)9-18(26)24-11-14-2-1-5-22-10-14/h1-5,8,10,17H,6-7,9,11-12H2,(H,23,27)(H,24,26). The molecule has 6 nitrogen and oxygen atoms in total. The second-order valence-electron chi connectivity index (χ2n) is 6.37. The molecule has 8 heteroatoms. The van der Waals surface area contributed by atoms with Crippen molar-refractivity contribution in [2.75, 3.05) is 13.1 Å². The van der Waals surface area contributed by atoms with Gasteiger partial charge in [0, 0.05) is 38.6 Å². The van der Waals surface area contributed by atoms with Crippen LogP contribution in [0.4, 0.5) is 4.39 Å². The van der Waals surface area contributed by atoms with Crippen LogP contribution >= 0.6 is 11.6 Å². The third-order valence-corrected chi connectivity index (χ3v) is 4.71. The Morgan fingerprint density at radius 1 is 1.37 bits per heavy atom. The lowest BCUT2D eigenvalue weighted by Gasteiger charge is -2.34. The molecular formula is C19H20ClFN4O2. The van der Waals surface area contributed by atoms with Gasteiger partial charge < -0.3 is 10.6 Å². The van der Waals surface area contributed by atoms with Crippen LogP contribution in [0.5, 0.6) is 0 Å². The Kier molecular flexibility index (Phi) is 6.36. The van der Waals surface area contributed by atoms with Gasteiger partial charge in [0.2, 0.25) is 11.8 Å². The summed E-state index contributed by atoms with van der Waals surface area (Å²) in [5.41, 5.74) is 1.58. The number of aromatic nitrogens is 1. The van der Waals surface area contributed by atoms with E-state index in [-0.39, 0.29) is 23.3 Å². The normalized spacial score (nSPS) is 17.4. The van der Waals surface area contributed by atoms with Crippen LogP contribution in [0.25, 0.3) is 0 Å². The molecule has 142 valence electrons. The van der Waals surface area contributed by atoms with Crippen molar-refractivity contribution >= 4 is 23.4 Å². The van der Waals surface area contributed by atoms with Crippen LogP contribution in [0.1, 0.15) is 17.5 Å². The molecule has 0 spiro atoms. The first-order valence-corrected chi connectivity index (χ1v) is 9.02. The summed E-state index contributed by atoms with van der Waals surface area (Å²) in [5.74, 6) is -0.929. The molecule has 1 aromatic carbocycles. The summed E-state index contributed by atoms with van der Waals surface area (Å²) in [4.78, 5) is 30.5. The summed E-state index contributed by atoms with van der Waals surface area (Å²) >= 11 is 5.72. The number of nitrogens with zero attached hydrogens (tertiary/aromatic N) is 2. The van der Waals surface area contributed by atoms with Gasteiger partial charge in [0.15, 0.2) is 0 Å². The first-order valence-electron chi connectivity index (χ1n) is 8.64. The molecule has 0 saturated carbocycles. The van der Waals surface area contributed by atoms with Gasteiger partial charge in [-0.15, -0.1) is 0 Å². The van der Waals surface area contributed by atoms with Crippen LogP contribution in [0.2, 0.25) is 5.02 Å². The molecule has 1 unspecified atom stereocenters. The molecule has 0 radical (unpaired) electrons. The fourth-order valence-electron chi connectivity index (χ4n) is 3.00. The maximum Gasteiger partial charge on any atom is 0.237 e. The van der Waals surface area contributed by atoms with E-state index in [0.717, 1.165) is 5.56 Å². The second kappa shape index (κ2) is 8.92. The number of carbonyl (C=O) groups is 2. The van der Waals surface area contributed by atoms with E-state index in [9.17, 15) is 14.0 Å². The second-order valence-corrected chi connectivity index (χ2v) is 6.78. The van der Waals surface area contributed by atoms with Gasteiger partial charge in [0.1, 0.15) is 5.82 Å². The Bertz CT molecular complexity index is 819. The first-order chi connectivity index (χ1) is 13.0. The van der Waals surface area contributed by atoms with Crippen molar-refractivity contribution in [2.45, 2.75) is 25.6 Å². The largest absolute Gasteiger partial charge is 0.353 e. The lowest BCUT2D eigenvalue weighted by atomic mass is 10.1. The summed E-state index contributed by atoms with van der Waals surface area (Å²) in [7, 11) is 0. The fraction of sp³-hybridized carbons (Fsp3) is 0.316. The minimum atomic E-state index is -0.605. The number of hydrogen-bond acceptors (Lipinski definition) is 4. The van der Waals surface area contributed by atoms with Gasteiger partial charge in [0.05, 0.1) is 17.5 Å². The Morgan fingerprint density at radius 3 is 2.96 bits per heavy atom. The number of carbonyl (C=O) groups excluding carboxylic acids is 2. The number of benzene rings is 1. The molecule has 1 fully saturated rings. The zero-order valence-electron chi connectivity index (χ0n) is 14.6. The van der Waals surface area contributed by atoms with E-state index in [1.54, 1.807) is 24.5 Å². The van der Waals surface area contributed by atoms with E-state index >= 15 is 0 Å². The summed E-state index contributed by atoms with van der Waals surface area (Å²) in [6.07, 6.45) is 3.37. The molecule has 2 heterocycles. The van der Waals surface area contributed by atoms with Crippen molar-refractivity contribution in [3.63, 3.8) is 0 Å². The fourth-order valence-corrected chi connectivity index (χ4v) is 3.11. The van der Waals surface area contributed by atoms with Crippen LogP contribution in [0.15, 0.2) is 42.7 Å². The Morgan fingerprint density at radius 2 is 2.22 bits per heavy atom.